The Kier molecular flexibility index (Phi) is 18.4. The monoisotopic (exact) mass is 634 g/mol. The standard InChI is InChI=1S/C28H50N4O6S3/c33-25(9-3-1-7-22-11-20-40-41-22)29-12-5-14-36-16-18-38-19-17-37-15-6-13-30-26(34)10-4-2-8-24-27-23(21-39-24)31-28(35)32-27/h22-24,27H,1-21H2,(H,29,33)(H,30,34)(H2,31,32,35). The van der Waals surface area contributed by atoms with Crippen molar-refractivity contribution >= 4 is 51.2 Å². The van der Waals surface area contributed by atoms with E-state index >= 15 is 0 Å². The van der Waals surface area contributed by atoms with Crippen LogP contribution in [-0.2, 0) is 23.8 Å². The van der Waals surface area contributed by atoms with Gasteiger partial charge in [0.25, 0.3) is 0 Å². The summed E-state index contributed by atoms with van der Waals surface area (Å²) >= 11 is 1.91. The molecule has 3 heterocycles. The number of urea groups is 1. The van der Waals surface area contributed by atoms with E-state index in [4.69, 9.17) is 14.2 Å². The molecule has 0 spiro atoms. The largest absolute Gasteiger partial charge is 0.379 e. The summed E-state index contributed by atoms with van der Waals surface area (Å²) in [4.78, 5) is 35.4. The Morgan fingerprint density at radius 1 is 0.780 bits per heavy atom. The van der Waals surface area contributed by atoms with E-state index in [1.54, 1.807) is 0 Å². The molecule has 0 radical (unpaired) electrons. The lowest BCUT2D eigenvalue weighted by atomic mass is 10.0. The number of ether oxygens (including phenoxy) is 3. The summed E-state index contributed by atoms with van der Waals surface area (Å²) in [5.74, 6) is 2.48. The molecule has 3 aliphatic rings. The predicted molar refractivity (Wildman–Crippen MR) is 169 cm³/mol. The maximum absolute atomic E-state index is 12.0. The molecule has 0 aromatic carbocycles. The summed E-state index contributed by atoms with van der Waals surface area (Å²) in [5, 5.41) is 13.1. The number of amides is 4. The van der Waals surface area contributed by atoms with Crippen molar-refractivity contribution in [1.29, 1.82) is 0 Å². The third-order valence-corrected chi connectivity index (χ3v) is 11.8. The minimum Gasteiger partial charge on any atom is -0.379 e. The molecule has 236 valence electrons. The van der Waals surface area contributed by atoms with E-state index in [2.05, 4.69) is 21.3 Å². The van der Waals surface area contributed by atoms with Crippen LogP contribution < -0.4 is 21.3 Å². The molecule has 10 nitrogen and oxygen atoms in total. The fraction of sp³-hybridized carbons (Fsp3) is 0.893. The van der Waals surface area contributed by atoms with Crippen molar-refractivity contribution in [3.63, 3.8) is 0 Å². The van der Waals surface area contributed by atoms with Gasteiger partial charge in [0.1, 0.15) is 0 Å². The Bertz CT molecular complexity index is 762. The third-order valence-electron chi connectivity index (χ3n) is 7.31. The van der Waals surface area contributed by atoms with Crippen LogP contribution in [-0.4, -0.2) is 105 Å². The SMILES string of the molecule is O=C(CCCCC1CCSS1)NCCCOCCOCCOCCCNC(=O)CCCCC1SCC2NC(=O)NC21. The molecule has 3 rings (SSSR count). The van der Waals surface area contributed by atoms with Gasteiger partial charge in [-0.3, -0.25) is 9.59 Å². The van der Waals surface area contributed by atoms with E-state index in [0.717, 1.165) is 55.9 Å². The molecule has 3 aliphatic heterocycles. The van der Waals surface area contributed by atoms with Crippen molar-refractivity contribution in [2.24, 2.45) is 0 Å². The third kappa shape index (κ3) is 15.4. The molecule has 3 saturated heterocycles. The minimum atomic E-state index is -0.0505. The summed E-state index contributed by atoms with van der Waals surface area (Å²) in [6.07, 6.45) is 10.3. The van der Waals surface area contributed by atoms with Gasteiger partial charge in [-0.1, -0.05) is 34.4 Å². The van der Waals surface area contributed by atoms with Crippen molar-refractivity contribution in [2.75, 3.05) is 64.2 Å². The molecule has 4 amide bonds. The highest BCUT2D eigenvalue weighted by Crippen LogP contribution is 2.39. The van der Waals surface area contributed by atoms with Crippen molar-refractivity contribution in [3.8, 4) is 0 Å². The van der Waals surface area contributed by atoms with Crippen LogP contribution in [0.4, 0.5) is 4.79 Å². The number of nitrogens with one attached hydrogen (secondary N) is 4. The number of rotatable bonds is 24. The molecule has 0 bridgehead atoms. The number of fused-ring (bicyclic) bond motifs is 1. The molecule has 4 atom stereocenters. The topological polar surface area (TPSA) is 127 Å². The Hall–Kier alpha value is -0.860. The van der Waals surface area contributed by atoms with Crippen molar-refractivity contribution in [2.45, 2.75) is 93.2 Å². The quantitative estimate of drug-likeness (QED) is 0.0717. The number of hydrogen-bond donors (Lipinski definition) is 4. The number of hydrogen-bond acceptors (Lipinski definition) is 9. The first-order valence-electron chi connectivity index (χ1n) is 15.4. The molecule has 0 aromatic heterocycles. The lowest BCUT2D eigenvalue weighted by molar-refractivity contribution is -0.122. The Morgan fingerprint density at radius 2 is 1.39 bits per heavy atom. The molecule has 4 N–H and O–H groups in total. The maximum atomic E-state index is 12.0. The normalized spacial score (nSPS) is 23.3. The van der Waals surface area contributed by atoms with Gasteiger partial charge in [-0.05, 0) is 44.9 Å². The second-order valence-electron chi connectivity index (χ2n) is 10.7. The molecule has 0 saturated carbocycles. The summed E-state index contributed by atoms with van der Waals surface area (Å²) in [6, 6.07) is 0.446. The van der Waals surface area contributed by atoms with Gasteiger partial charge in [0, 0.05) is 61.2 Å². The lowest BCUT2D eigenvalue weighted by Crippen LogP contribution is -2.36. The first-order chi connectivity index (χ1) is 20.1. The maximum Gasteiger partial charge on any atom is 0.315 e. The van der Waals surface area contributed by atoms with E-state index in [-0.39, 0.29) is 29.9 Å². The highest BCUT2D eigenvalue weighted by molar-refractivity contribution is 8.77. The van der Waals surface area contributed by atoms with Crippen molar-refractivity contribution in [1.82, 2.24) is 21.3 Å². The Morgan fingerprint density at radius 3 is 2.00 bits per heavy atom. The van der Waals surface area contributed by atoms with E-state index < -0.39 is 0 Å². The number of carbonyl (C=O) groups is 3. The van der Waals surface area contributed by atoms with E-state index in [9.17, 15) is 14.4 Å². The van der Waals surface area contributed by atoms with Gasteiger partial charge >= 0.3 is 6.03 Å². The van der Waals surface area contributed by atoms with Crippen LogP contribution in [0.5, 0.6) is 0 Å². The van der Waals surface area contributed by atoms with Gasteiger partial charge in [-0.15, -0.1) is 0 Å². The van der Waals surface area contributed by atoms with E-state index in [0.29, 0.717) is 70.8 Å². The Balaban J connectivity index is 0.972. The zero-order valence-electron chi connectivity index (χ0n) is 24.3. The van der Waals surface area contributed by atoms with Crippen molar-refractivity contribution in [3.05, 3.63) is 0 Å². The average molecular weight is 635 g/mol. The smallest absolute Gasteiger partial charge is 0.315 e. The van der Waals surface area contributed by atoms with Gasteiger partial charge in [-0.25, -0.2) is 4.79 Å². The first-order valence-corrected chi connectivity index (χ1v) is 18.8. The molecule has 3 fully saturated rings. The van der Waals surface area contributed by atoms with E-state index in [1.807, 2.05) is 33.3 Å². The second-order valence-corrected chi connectivity index (χ2v) is 14.7. The van der Waals surface area contributed by atoms with Crippen LogP contribution in [0.1, 0.15) is 70.6 Å². The molecule has 4 unspecified atom stereocenters. The molecular weight excluding hydrogens is 585 g/mol. The van der Waals surface area contributed by atoms with Gasteiger partial charge in [0.2, 0.25) is 11.8 Å². The summed E-state index contributed by atoms with van der Waals surface area (Å²) in [6.45, 7) is 4.57. The van der Waals surface area contributed by atoms with Crippen molar-refractivity contribution < 1.29 is 28.6 Å². The first kappa shape index (κ1) is 34.6. The summed E-state index contributed by atoms with van der Waals surface area (Å²) < 4.78 is 16.6. The zero-order valence-corrected chi connectivity index (χ0v) is 26.8. The highest BCUT2D eigenvalue weighted by atomic mass is 33.1. The molecule has 0 aliphatic carbocycles. The second kappa shape index (κ2) is 21.8. The van der Waals surface area contributed by atoms with Crippen LogP contribution in [0.2, 0.25) is 0 Å². The van der Waals surface area contributed by atoms with Crippen LogP contribution in [0.15, 0.2) is 0 Å². The fourth-order valence-corrected chi connectivity index (χ4v) is 9.59. The van der Waals surface area contributed by atoms with Crippen LogP contribution in [0.3, 0.4) is 0 Å². The molecule has 0 aromatic rings. The lowest BCUT2D eigenvalue weighted by Gasteiger charge is -2.16. The van der Waals surface area contributed by atoms with E-state index in [1.165, 1.54) is 18.6 Å². The van der Waals surface area contributed by atoms with Gasteiger partial charge < -0.3 is 35.5 Å². The van der Waals surface area contributed by atoms with Crippen LogP contribution >= 0.6 is 33.3 Å². The molecular formula is C28H50N4O6S3. The van der Waals surface area contributed by atoms with Gasteiger partial charge in [-0.2, -0.15) is 11.8 Å². The predicted octanol–water partition coefficient (Wildman–Crippen LogP) is 3.49. The zero-order chi connectivity index (χ0) is 29.0. The fourth-order valence-electron chi connectivity index (χ4n) is 5.02. The average Bonchev–Trinajstić information content (AvgIpc) is 3.70. The number of thioether (sulfide) groups is 1. The minimum absolute atomic E-state index is 0.0505. The number of carbonyl (C=O) groups excluding carboxylic acids is 3. The van der Waals surface area contributed by atoms with Crippen LogP contribution in [0, 0.1) is 0 Å². The number of unbranched alkanes of at least 4 members (excludes halogenated alkanes) is 2. The summed E-state index contributed by atoms with van der Waals surface area (Å²) in [7, 11) is 3.98. The summed E-state index contributed by atoms with van der Waals surface area (Å²) in [5.41, 5.74) is 0. The van der Waals surface area contributed by atoms with Gasteiger partial charge in [0.15, 0.2) is 0 Å². The van der Waals surface area contributed by atoms with Gasteiger partial charge in [0.05, 0.1) is 38.5 Å². The Labute approximate surface area is 257 Å². The molecule has 13 heteroatoms. The highest BCUT2D eigenvalue weighted by Gasteiger charge is 2.42. The van der Waals surface area contributed by atoms with Crippen LogP contribution in [0.25, 0.3) is 0 Å². The molecule has 41 heavy (non-hydrogen) atoms.